The van der Waals surface area contributed by atoms with Crippen LogP contribution in [-0.4, -0.2) is 8.07 Å². The third kappa shape index (κ3) is 11.0. The van der Waals surface area contributed by atoms with Gasteiger partial charge < -0.3 is 0 Å². The quantitative estimate of drug-likeness (QED) is 0.0485. The van der Waals surface area contributed by atoms with Crippen molar-refractivity contribution in [2.75, 3.05) is 0 Å². The normalized spacial score (nSPS) is 11.7. The highest BCUT2D eigenvalue weighted by atomic mass is 32.1. The summed E-state index contributed by atoms with van der Waals surface area (Å²) in [5.41, 5.74) is 17.1. The van der Waals surface area contributed by atoms with E-state index in [-0.39, 0.29) is 0 Å². The van der Waals surface area contributed by atoms with Crippen LogP contribution >= 0.6 is 34.0 Å². The maximum atomic E-state index is 4.06. The van der Waals surface area contributed by atoms with E-state index in [1.54, 1.807) is 0 Å². The number of hydrogen-bond acceptors (Lipinski definition) is 3. The van der Waals surface area contributed by atoms with Gasteiger partial charge >= 0.3 is 0 Å². The largest absolute Gasteiger partial charge is 0.146 e. The Hall–Kier alpha value is -4.42. The van der Waals surface area contributed by atoms with Crippen molar-refractivity contribution in [3.05, 3.63) is 139 Å². The Labute approximate surface area is 399 Å². The van der Waals surface area contributed by atoms with Gasteiger partial charge in [0, 0.05) is 41.4 Å². The lowest BCUT2D eigenvalue weighted by atomic mass is 9.94. The molecule has 0 nitrogen and oxygen atoms in total. The van der Waals surface area contributed by atoms with Crippen molar-refractivity contribution in [2.45, 2.75) is 143 Å². The second kappa shape index (κ2) is 22.2. The van der Waals surface area contributed by atoms with Gasteiger partial charge in [0.15, 0.2) is 0 Å². The van der Waals surface area contributed by atoms with Crippen molar-refractivity contribution in [2.24, 2.45) is 0 Å². The SMILES string of the molecule is CCCCCCc1cc(-c2ccc(-c3ccc(-c4ccc(-c5cc(CCCCCC)sc5C#Cc5ccccc5)cc4)c4sc(C)cc34)cc2)c(C#C[Si](C(C)C)(C(C)C)C(C)C)s1. The van der Waals surface area contributed by atoms with Crippen LogP contribution < -0.4 is 0 Å². The van der Waals surface area contributed by atoms with Crippen LogP contribution in [0.5, 0.6) is 0 Å². The minimum Gasteiger partial charge on any atom is -0.140 e. The topological polar surface area (TPSA) is 0 Å². The summed E-state index contributed by atoms with van der Waals surface area (Å²) in [4.78, 5) is 6.65. The predicted molar refractivity (Wildman–Crippen MR) is 290 cm³/mol. The lowest BCUT2D eigenvalue weighted by Gasteiger charge is -2.38. The first kappa shape index (κ1) is 47.5. The summed E-state index contributed by atoms with van der Waals surface area (Å²) in [6.45, 7) is 21.3. The minimum absolute atomic E-state index is 0.614. The van der Waals surface area contributed by atoms with Crippen molar-refractivity contribution >= 4 is 52.2 Å². The van der Waals surface area contributed by atoms with Crippen LogP contribution in [0.2, 0.25) is 16.6 Å². The summed E-state index contributed by atoms with van der Waals surface area (Å²) in [6, 6.07) is 40.9. The number of thiophene rings is 3. The Kier molecular flexibility index (Phi) is 16.5. The molecule has 7 rings (SSSR count). The molecule has 4 heteroatoms. The van der Waals surface area contributed by atoms with E-state index in [4.69, 9.17) is 0 Å². The van der Waals surface area contributed by atoms with Crippen molar-refractivity contribution in [3.63, 3.8) is 0 Å². The number of aryl methyl sites for hydroxylation is 3. The molecule has 0 amide bonds. The number of fused-ring (bicyclic) bond motifs is 1. The highest BCUT2D eigenvalue weighted by Gasteiger charge is 2.41. The molecule has 0 bridgehead atoms. The third-order valence-electron chi connectivity index (χ3n) is 13.3. The monoisotopic (exact) mass is 912 g/mol. The summed E-state index contributed by atoms with van der Waals surface area (Å²) >= 11 is 5.72. The molecule has 3 aromatic heterocycles. The van der Waals surface area contributed by atoms with E-state index < -0.39 is 8.07 Å². The molecule has 0 saturated carbocycles. The number of rotatable bonds is 17. The van der Waals surface area contributed by atoms with E-state index in [0.29, 0.717) is 16.6 Å². The van der Waals surface area contributed by atoms with E-state index in [1.165, 1.54) is 125 Å². The fourth-order valence-corrected chi connectivity index (χ4v) is 18.3. The number of hydrogen-bond donors (Lipinski definition) is 0. The molecule has 0 unspecified atom stereocenters. The van der Waals surface area contributed by atoms with Gasteiger partial charge in [0.2, 0.25) is 0 Å². The highest BCUT2D eigenvalue weighted by Crippen LogP contribution is 2.44. The molecule has 0 aliphatic rings. The molecule has 0 aliphatic heterocycles. The average Bonchev–Trinajstić information content (AvgIpc) is 4.02. The molecule has 0 saturated heterocycles. The van der Waals surface area contributed by atoms with Crippen LogP contribution in [0.1, 0.15) is 137 Å². The fraction of sp³-hybridized carbons (Fsp3) is 0.367. The molecule has 0 fully saturated rings. The van der Waals surface area contributed by atoms with Gasteiger partial charge in [0.05, 0.1) is 9.75 Å². The first-order valence-corrected chi connectivity index (χ1v) is 28.8. The van der Waals surface area contributed by atoms with Crippen LogP contribution in [0.3, 0.4) is 0 Å². The van der Waals surface area contributed by atoms with Gasteiger partial charge in [-0.1, -0.05) is 191 Å². The molecule has 330 valence electrons. The second-order valence-corrected chi connectivity index (χ2v) is 27.8. The lowest BCUT2D eigenvalue weighted by Crippen LogP contribution is -2.43. The van der Waals surface area contributed by atoms with Crippen LogP contribution in [0.15, 0.2) is 109 Å². The molecule has 64 heavy (non-hydrogen) atoms. The fourth-order valence-electron chi connectivity index (χ4n) is 9.83. The molecule has 0 N–H and O–H groups in total. The van der Waals surface area contributed by atoms with E-state index >= 15 is 0 Å². The van der Waals surface area contributed by atoms with Crippen molar-refractivity contribution < 1.29 is 0 Å². The van der Waals surface area contributed by atoms with E-state index in [9.17, 15) is 0 Å². The van der Waals surface area contributed by atoms with Crippen molar-refractivity contribution in [1.82, 2.24) is 0 Å². The smallest absolute Gasteiger partial charge is 0.140 e. The number of unbranched alkanes of at least 4 members (excludes halogenated alkanes) is 6. The highest BCUT2D eigenvalue weighted by molar-refractivity contribution is 7.19. The average molecular weight is 913 g/mol. The Morgan fingerprint density at radius 3 is 1.44 bits per heavy atom. The van der Waals surface area contributed by atoms with Crippen molar-refractivity contribution in [1.29, 1.82) is 0 Å². The molecule has 0 radical (unpaired) electrons. The van der Waals surface area contributed by atoms with Gasteiger partial charge in [0.25, 0.3) is 0 Å². The van der Waals surface area contributed by atoms with Gasteiger partial charge in [-0.3, -0.25) is 0 Å². The van der Waals surface area contributed by atoms with Gasteiger partial charge in [-0.15, -0.1) is 39.6 Å². The summed E-state index contributed by atoms with van der Waals surface area (Å²) < 4.78 is 1.35. The van der Waals surface area contributed by atoms with Crippen LogP contribution in [0, 0.1) is 30.2 Å². The third-order valence-corrected chi connectivity index (χ3v) is 22.9. The standard InChI is InChI=1S/C60H68S3Si/c1-10-12-14-19-23-51-40-55(58(62-51)36-25-46-21-17-16-18-22-46)49-32-28-48(29-33-49)54-35-34-53(57-39-45(9)61-60(54)57)47-26-30-50(31-27-47)56-41-52(24-20-15-13-11-2)63-59(56)37-38-64(42(3)4,43(5)6)44(7)8/h16-18,21-22,26-35,39-44H,10-15,19-20,23-24H2,1-9H3. The van der Waals surface area contributed by atoms with Gasteiger partial charge in [-0.2, -0.15) is 0 Å². The van der Waals surface area contributed by atoms with E-state index in [1.807, 2.05) is 34.0 Å². The Morgan fingerprint density at radius 1 is 0.469 bits per heavy atom. The number of benzene rings is 4. The summed E-state index contributed by atoms with van der Waals surface area (Å²) in [5, 5.41) is 1.33. The second-order valence-electron chi connectivity index (χ2n) is 18.7. The molecular weight excluding hydrogens is 845 g/mol. The maximum Gasteiger partial charge on any atom is 0.146 e. The summed E-state index contributed by atoms with van der Waals surface area (Å²) in [5.74, 6) is 10.9. The van der Waals surface area contributed by atoms with E-state index in [0.717, 1.165) is 23.3 Å². The molecule has 4 aromatic carbocycles. The molecule has 0 atom stereocenters. The Balaban J connectivity index is 1.19. The minimum atomic E-state index is -1.87. The predicted octanol–water partition coefficient (Wildman–Crippen LogP) is 19.2. The van der Waals surface area contributed by atoms with Crippen molar-refractivity contribution in [3.8, 4) is 67.8 Å². The zero-order chi connectivity index (χ0) is 45.2. The molecular formula is C60H68S3Si. The molecule has 0 aliphatic carbocycles. The Morgan fingerprint density at radius 2 is 0.938 bits per heavy atom. The van der Waals surface area contributed by atoms with Crippen LogP contribution in [0.25, 0.3) is 54.6 Å². The zero-order valence-electron chi connectivity index (χ0n) is 39.9. The summed E-state index contributed by atoms with van der Waals surface area (Å²) in [7, 11) is -1.87. The van der Waals surface area contributed by atoms with Crippen LogP contribution in [0.4, 0.5) is 0 Å². The lowest BCUT2D eigenvalue weighted by molar-refractivity contribution is 0.670. The maximum absolute atomic E-state index is 4.06. The molecule has 0 spiro atoms. The first-order chi connectivity index (χ1) is 31.0. The molecule has 3 heterocycles. The summed E-state index contributed by atoms with van der Waals surface area (Å²) in [6.07, 6.45) is 12.5. The van der Waals surface area contributed by atoms with Gasteiger partial charge in [0.1, 0.15) is 8.07 Å². The Bertz CT molecular complexity index is 2710. The van der Waals surface area contributed by atoms with E-state index in [2.05, 4.69) is 195 Å². The molecule has 7 aromatic rings. The zero-order valence-corrected chi connectivity index (χ0v) is 43.4. The first-order valence-electron chi connectivity index (χ1n) is 24.1. The van der Waals surface area contributed by atoms with Gasteiger partial charge in [-0.25, -0.2) is 0 Å². The van der Waals surface area contributed by atoms with Crippen LogP contribution in [-0.2, 0) is 12.8 Å². The van der Waals surface area contributed by atoms with Gasteiger partial charge in [-0.05, 0) is 113 Å².